The number of para-hydroxylation sites is 1. The minimum Gasteiger partial charge on any atom is -0.491 e. The van der Waals surface area contributed by atoms with Gasteiger partial charge in [0.2, 0.25) is 0 Å². The van der Waals surface area contributed by atoms with Crippen LogP contribution >= 0.6 is 0 Å². The van der Waals surface area contributed by atoms with Crippen LogP contribution in [0.5, 0.6) is 5.75 Å². The zero-order chi connectivity index (χ0) is 14.3. The number of aryl methyl sites for hydroxylation is 2. The molecule has 3 heteroatoms. The highest BCUT2D eigenvalue weighted by molar-refractivity contribution is 5.39. The van der Waals surface area contributed by atoms with Crippen molar-refractivity contribution < 1.29 is 9.47 Å². The van der Waals surface area contributed by atoms with Gasteiger partial charge in [-0.15, -0.1) is 0 Å². The molecule has 19 heavy (non-hydrogen) atoms. The molecule has 0 fully saturated rings. The predicted molar refractivity (Wildman–Crippen MR) is 80.0 cm³/mol. The van der Waals surface area contributed by atoms with Crippen molar-refractivity contribution in [1.82, 2.24) is 5.32 Å². The quantitative estimate of drug-likeness (QED) is 0.769. The van der Waals surface area contributed by atoms with Gasteiger partial charge in [0.1, 0.15) is 12.4 Å². The van der Waals surface area contributed by atoms with Gasteiger partial charge in [-0.2, -0.15) is 0 Å². The van der Waals surface area contributed by atoms with E-state index in [4.69, 9.17) is 9.47 Å². The van der Waals surface area contributed by atoms with Crippen LogP contribution < -0.4 is 10.1 Å². The van der Waals surface area contributed by atoms with E-state index in [1.165, 1.54) is 11.1 Å². The van der Waals surface area contributed by atoms with Crippen LogP contribution in [0.15, 0.2) is 18.2 Å². The monoisotopic (exact) mass is 265 g/mol. The van der Waals surface area contributed by atoms with Gasteiger partial charge in [-0.1, -0.05) is 18.2 Å². The molecule has 108 valence electrons. The minimum absolute atomic E-state index is 0.151. The third-order valence-electron chi connectivity index (χ3n) is 2.78. The summed E-state index contributed by atoms with van der Waals surface area (Å²) in [6.07, 6.45) is 0. The van der Waals surface area contributed by atoms with Crippen molar-refractivity contribution in [2.75, 3.05) is 26.4 Å². The van der Waals surface area contributed by atoms with Crippen LogP contribution in [0, 0.1) is 13.8 Å². The summed E-state index contributed by atoms with van der Waals surface area (Å²) in [5.41, 5.74) is 2.50. The van der Waals surface area contributed by atoms with Crippen molar-refractivity contribution in [3.63, 3.8) is 0 Å². The van der Waals surface area contributed by atoms with Crippen molar-refractivity contribution >= 4 is 0 Å². The van der Waals surface area contributed by atoms with Gasteiger partial charge in [0, 0.05) is 12.1 Å². The summed E-state index contributed by atoms with van der Waals surface area (Å²) >= 11 is 0. The molecule has 0 aliphatic heterocycles. The molecular weight excluding hydrogens is 238 g/mol. The fourth-order valence-electron chi connectivity index (χ4n) is 1.83. The maximum Gasteiger partial charge on any atom is 0.125 e. The van der Waals surface area contributed by atoms with E-state index in [1.54, 1.807) is 0 Å². The van der Waals surface area contributed by atoms with Crippen molar-refractivity contribution in [3.8, 4) is 5.75 Å². The van der Waals surface area contributed by atoms with Crippen LogP contribution in [-0.4, -0.2) is 31.9 Å². The lowest BCUT2D eigenvalue weighted by molar-refractivity contribution is 0.0980. The Labute approximate surface area is 117 Å². The van der Waals surface area contributed by atoms with Gasteiger partial charge in [-0.05, 0) is 45.7 Å². The van der Waals surface area contributed by atoms with Crippen LogP contribution in [0.4, 0.5) is 0 Å². The molecule has 1 N–H and O–H groups in total. The number of hydrogen-bond donors (Lipinski definition) is 1. The highest BCUT2D eigenvalue weighted by atomic mass is 16.5. The van der Waals surface area contributed by atoms with E-state index in [9.17, 15) is 0 Å². The highest BCUT2D eigenvalue weighted by Crippen LogP contribution is 2.21. The van der Waals surface area contributed by atoms with E-state index < -0.39 is 0 Å². The van der Waals surface area contributed by atoms with E-state index in [2.05, 4.69) is 52.1 Å². The summed E-state index contributed by atoms with van der Waals surface area (Å²) in [7, 11) is 0. The summed E-state index contributed by atoms with van der Waals surface area (Å²) in [5.74, 6) is 0.985. The molecule has 1 aromatic rings. The number of ether oxygens (including phenoxy) is 2. The lowest BCUT2D eigenvalue weighted by Gasteiger charge is -2.20. The van der Waals surface area contributed by atoms with Gasteiger partial charge in [0.15, 0.2) is 0 Å². The van der Waals surface area contributed by atoms with Gasteiger partial charge in [0.25, 0.3) is 0 Å². The van der Waals surface area contributed by atoms with Crippen LogP contribution in [0.3, 0.4) is 0 Å². The summed E-state index contributed by atoms with van der Waals surface area (Å²) in [4.78, 5) is 0. The Kier molecular flexibility index (Phi) is 6.32. The Bertz CT molecular complexity index is 363. The summed E-state index contributed by atoms with van der Waals surface area (Å²) in [5, 5.41) is 3.38. The van der Waals surface area contributed by atoms with Crippen LogP contribution in [0.1, 0.15) is 31.9 Å². The molecule has 1 aromatic carbocycles. The van der Waals surface area contributed by atoms with Crippen molar-refractivity contribution in [1.29, 1.82) is 0 Å². The van der Waals surface area contributed by atoms with Gasteiger partial charge < -0.3 is 14.8 Å². The van der Waals surface area contributed by atoms with E-state index in [-0.39, 0.29) is 5.54 Å². The molecule has 0 atom stereocenters. The van der Waals surface area contributed by atoms with E-state index in [0.29, 0.717) is 19.8 Å². The molecule has 0 saturated carbocycles. The first-order chi connectivity index (χ1) is 8.90. The second kappa shape index (κ2) is 7.51. The number of benzene rings is 1. The van der Waals surface area contributed by atoms with Crippen molar-refractivity contribution in [2.45, 2.75) is 40.2 Å². The summed E-state index contributed by atoms with van der Waals surface area (Å²) < 4.78 is 11.3. The SMILES string of the molecule is Cc1cccc(C)c1OCCOCCNC(C)(C)C. The Morgan fingerprint density at radius 1 is 1.00 bits per heavy atom. The zero-order valence-corrected chi connectivity index (χ0v) is 12.9. The Balaban J connectivity index is 2.15. The fourth-order valence-corrected chi connectivity index (χ4v) is 1.83. The molecule has 0 aromatic heterocycles. The van der Waals surface area contributed by atoms with Gasteiger partial charge in [-0.3, -0.25) is 0 Å². The summed E-state index contributed by atoms with van der Waals surface area (Å²) in [6, 6.07) is 6.18. The smallest absolute Gasteiger partial charge is 0.125 e. The molecule has 0 heterocycles. The van der Waals surface area contributed by atoms with Crippen LogP contribution in [0.2, 0.25) is 0 Å². The highest BCUT2D eigenvalue weighted by Gasteiger charge is 2.07. The lowest BCUT2D eigenvalue weighted by Crippen LogP contribution is -2.38. The minimum atomic E-state index is 0.151. The maximum absolute atomic E-state index is 5.77. The molecule has 0 aliphatic rings. The lowest BCUT2D eigenvalue weighted by atomic mass is 10.1. The average molecular weight is 265 g/mol. The average Bonchev–Trinajstić information content (AvgIpc) is 2.29. The molecule has 0 unspecified atom stereocenters. The molecule has 0 amide bonds. The number of hydrogen-bond acceptors (Lipinski definition) is 3. The third kappa shape index (κ3) is 6.60. The molecule has 3 nitrogen and oxygen atoms in total. The van der Waals surface area contributed by atoms with Crippen LogP contribution in [0.25, 0.3) is 0 Å². The molecule has 0 aliphatic carbocycles. The first-order valence-electron chi connectivity index (χ1n) is 6.92. The molecule has 0 spiro atoms. The van der Waals surface area contributed by atoms with Gasteiger partial charge in [0.05, 0.1) is 13.2 Å². The molecular formula is C16H27NO2. The van der Waals surface area contributed by atoms with E-state index in [1.807, 2.05) is 6.07 Å². The van der Waals surface area contributed by atoms with Crippen molar-refractivity contribution in [3.05, 3.63) is 29.3 Å². The normalized spacial score (nSPS) is 11.6. The fraction of sp³-hybridized carbons (Fsp3) is 0.625. The van der Waals surface area contributed by atoms with Crippen molar-refractivity contribution in [2.24, 2.45) is 0 Å². The predicted octanol–water partition coefficient (Wildman–Crippen LogP) is 3.09. The number of rotatable bonds is 7. The second-order valence-electron chi connectivity index (χ2n) is 5.86. The first kappa shape index (κ1) is 16.0. The van der Waals surface area contributed by atoms with Gasteiger partial charge >= 0.3 is 0 Å². The molecule has 0 radical (unpaired) electrons. The zero-order valence-electron chi connectivity index (χ0n) is 12.9. The molecule has 0 bridgehead atoms. The summed E-state index contributed by atoms with van der Waals surface area (Å²) in [6.45, 7) is 13.4. The second-order valence-corrected chi connectivity index (χ2v) is 5.86. The maximum atomic E-state index is 5.77. The Morgan fingerprint density at radius 2 is 1.63 bits per heavy atom. The third-order valence-corrected chi connectivity index (χ3v) is 2.78. The Morgan fingerprint density at radius 3 is 2.21 bits per heavy atom. The van der Waals surface area contributed by atoms with Gasteiger partial charge in [-0.25, -0.2) is 0 Å². The largest absolute Gasteiger partial charge is 0.491 e. The first-order valence-corrected chi connectivity index (χ1v) is 6.92. The Hall–Kier alpha value is -1.06. The van der Waals surface area contributed by atoms with E-state index >= 15 is 0 Å². The number of nitrogens with one attached hydrogen (secondary N) is 1. The molecule has 1 rings (SSSR count). The van der Waals surface area contributed by atoms with E-state index in [0.717, 1.165) is 12.3 Å². The molecule has 0 saturated heterocycles. The topological polar surface area (TPSA) is 30.5 Å². The van der Waals surface area contributed by atoms with Crippen LogP contribution in [-0.2, 0) is 4.74 Å². The standard InChI is InChI=1S/C16H27NO2/c1-13-7-6-8-14(2)15(13)19-12-11-18-10-9-17-16(3,4)5/h6-8,17H,9-12H2,1-5H3.